The molecule has 2 nitrogen and oxygen atoms in total. The number of nitrogens with zero attached hydrogens (tertiary/aromatic N) is 1. The van der Waals surface area contributed by atoms with Crippen molar-refractivity contribution in [3.8, 4) is 0 Å². The molecule has 1 fully saturated rings. The highest BCUT2D eigenvalue weighted by Crippen LogP contribution is 2.33. The van der Waals surface area contributed by atoms with Crippen molar-refractivity contribution in [3.05, 3.63) is 35.4 Å². The van der Waals surface area contributed by atoms with Crippen molar-refractivity contribution in [2.45, 2.75) is 46.6 Å². The highest BCUT2D eigenvalue weighted by Gasteiger charge is 2.31. The van der Waals surface area contributed by atoms with Crippen LogP contribution in [-0.2, 0) is 0 Å². The van der Waals surface area contributed by atoms with Crippen LogP contribution >= 0.6 is 0 Å². The monoisotopic (exact) mass is 275 g/mol. The van der Waals surface area contributed by atoms with E-state index in [0.29, 0.717) is 5.41 Å². The second-order valence-electron chi connectivity index (χ2n) is 7.37. The van der Waals surface area contributed by atoms with Crippen LogP contribution in [-0.4, -0.2) is 29.6 Å². The summed E-state index contributed by atoms with van der Waals surface area (Å²) in [5.74, 6) is 0.791. The third-order valence-electron chi connectivity index (χ3n) is 4.68. The fourth-order valence-corrected chi connectivity index (χ4v) is 3.00. The molecular weight excluding hydrogens is 246 g/mol. The molecule has 1 aliphatic rings. The summed E-state index contributed by atoms with van der Waals surface area (Å²) in [6.45, 7) is 12.5. The molecule has 112 valence electrons. The van der Waals surface area contributed by atoms with E-state index < -0.39 is 0 Å². The minimum Gasteiger partial charge on any atom is -0.388 e. The lowest BCUT2D eigenvalue weighted by Crippen LogP contribution is -2.27. The molecule has 0 spiro atoms. The van der Waals surface area contributed by atoms with Gasteiger partial charge in [0.25, 0.3) is 0 Å². The maximum atomic E-state index is 10.3. The van der Waals surface area contributed by atoms with E-state index in [2.05, 4.69) is 44.7 Å². The highest BCUT2D eigenvalue weighted by molar-refractivity contribution is 5.23. The Labute approximate surface area is 123 Å². The largest absolute Gasteiger partial charge is 0.388 e. The molecule has 2 heteroatoms. The summed E-state index contributed by atoms with van der Waals surface area (Å²) in [6, 6.07) is 8.23. The summed E-state index contributed by atoms with van der Waals surface area (Å²) >= 11 is 0. The highest BCUT2D eigenvalue weighted by atomic mass is 16.3. The average molecular weight is 275 g/mol. The Kier molecular flexibility index (Phi) is 4.87. The number of aliphatic hydroxyl groups is 1. The summed E-state index contributed by atoms with van der Waals surface area (Å²) in [6.07, 6.45) is 1.80. The summed E-state index contributed by atoms with van der Waals surface area (Å²) < 4.78 is 0. The standard InChI is InChI=1S/C18H29NO/c1-14-5-7-15(8-6-14)17(20)10-12-19-11-9-16(13-19)18(2,3)4/h5-8,16-17,20H,9-13H2,1-4H3. The second-order valence-corrected chi connectivity index (χ2v) is 7.37. The van der Waals surface area contributed by atoms with E-state index in [1.165, 1.54) is 25.1 Å². The first-order valence-corrected chi connectivity index (χ1v) is 7.83. The van der Waals surface area contributed by atoms with Gasteiger partial charge in [-0.15, -0.1) is 0 Å². The fourth-order valence-electron chi connectivity index (χ4n) is 3.00. The SMILES string of the molecule is Cc1ccc(C(O)CCN2CCC(C(C)(C)C)C2)cc1. The predicted octanol–water partition coefficient (Wildman–Crippen LogP) is 3.79. The van der Waals surface area contributed by atoms with Gasteiger partial charge in [0.15, 0.2) is 0 Å². The minimum atomic E-state index is -0.329. The number of hydrogen-bond acceptors (Lipinski definition) is 2. The maximum Gasteiger partial charge on any atom is 0.0802 e. The van der Waals surface area contributed by atoms with Crippen LogP contribution in [0.25, 0.3) is 0 Å². The van der Waals surface area contributed by atoms with Crippen LogP contribution in [0.2, 0.25) is 0 Å². The summed E-state index contributed by atoms with van der Waals surface area (Å²) in [7, 11) is 0. The molecule has 1 aromatic rings. The third-order valence-corrected chi connectivity index (χ3v) is 4.68. The average Bonchev–Trinajstić information content (AvgIpc) is 2.85. The smallest absolute Gasteiger partial charge is 0.0802 e. The lowest BCUT2D eigenvalue weighted by atomic mass is 9.80. The Bertz CT molecular complexity index is 418. The van der Waals surface area contributed by atoms with Gasteiger partial charge in [-0.05, 0) is 43.2 Å². The lowest BCUT2D eigenvalue weighted by molar-refractivity contribution is 0.144. The maximum absolute atomic E-state index is 10.3. The zero-order chi connectivity index (χ0) is 14.8. The van der Waals surface area contributed by atoms with Gasteiger partial charge in [-0.3, -0.25) is 0 Å². The second kappa shape index (κ2) is 6.28. The number of likely N-dealkylation sites (tertiary alicyclic amines) is 1. The third kappa shape index (κ3) is 4.07. The first-order valence-electron chi connectivity index (χ1n) is 7.83. The Balaban J connectivity index is 1.80. The molecule has 1 aliphatic heterocycles. The first-order chi connectivity index (χ1) is 9.36. The molecule has 2 unspecified atom stereocenters. The summed E-state index contributed by atoms with van der Waals surface area (Å²) in [5.41, 5.74) is 2.69. The molecule has 1 N–H and O–H groups in total. The van der Waals surface area contributed by atoms with E-state index >= 15 is 0 Å². The molecule has 0 saturated carbocycles. The van der Waals surface area contributed by atoms with Gasteiger partial charge < -0.3 is 10.0 Å². The van der Waals surface area contributed by atoms with E-state index in [-0.39, 0.29) is 6.10 Å². The number of aliphatic hydroxyl groups excluding tert-OH is 1. The van der Waals surface area contributed by atoms with E-state index in [9.17, 15) is 5.11 Å². The Morgan fingerprint density at radius 2 is 1.90 bits per heavy atom. The van der Waals surface area contributed by atoms with E-state index in [4.69, 9.17) is 0 Å². The Hall–Kier alpha value is -0.860. The van der Waals surface area contributed by atoms with Crippen LogP contribution in [0.3, 0.4) is 0 Å². The molecule has 0 aromatic heterocycles. The van der Waals surface area contributed by atoms with Crippen molar-refractivity contribution in [3.63, 3.8) is 0 Å². The topological polar surface area (TPSA) is 23.5 Å². The van der Waals surface area contributed by atoms with Gasteiger partial charge in [0, 0.05) is 13.1 Å². The van der Waals surface area contributed by atoms with Crippen molar-refractivity contribution in [1.82, 2.24) is 4.90 Å². The van der Waals surface area contributed by atoms with Crippen LogP contribution in [0, 0.1) is 18.3 Å². The van der Waals surface area contributed by atoms with Gasteiger partial charge in [-0.25, -0.2) is 0 Å². The van der Waals surface area contributed by atoms with Crippen LogP contribution < -0.4 is 0 Å². The fraction of sp³-hybridized carbons (Fsp3) is 0.667. The van der Waals surface area contributed by atoms with Gasteiger partial charge in [0.2, 0.25) is 0 Å². The molecule has 1 saturated heterocycles. The Morgan fingerprint density at radius 1 is 1.25 bits per heavy atom. The number of hydrogen-bond donors (Lipinski definition) is 1. The molecule has 20 heavy (non-hydrogen) atoms. The molecule has 1 heterocycles. The van der Waals surface area contributed by atoms with E-state index in [1.807, 2.05) is 12.1 Å². The van der Waals surface area contributed by atoms with E-state index in [0.717, 1.165) is 24.4 Å². The van der Waals surface area contributed by atoms with Gasteiger partial charge in [-0.1, -0.05) is 50.6 Å². The quantitative estimate of drug-likeness (QED) is 0.904. The molecule has 0 bridgehead atoms. The molecule has 0 radical (unpaired) electrons. The van der Waals surface area contributed by atoms with Gasteiger partial charge >= 0.3 is 0 Å². The zero-order valence-corrected chi connectivity index (χ0v) is 13.4. The molecule has 1 aromatic carbocycles. The van der Waals surface area contributed by atoms with Crippen molar-refractivity contribution in [2.75, 3.05) is 19.6 Å². The Morgan fingerprint density at radius 3 is 2.45 bits per heavy atom. The number of rotatable bonds is 4. The van der Waals surface area contributed by atoms with Crippen LogP contribution in [0.1, 0.15) is 50.8 Å². The number of benzene rings is 1. The molecule has 0 aliphatic carbocycles. The predicted molar refractivity (Wildman–Crippen MR) is 84.8 cm³/mol. The summed E-state index contributed by atoms with van der Waals surface area (Å²) in [4.78, 5) is 2.51. The first kappa shape index (κ1) is 15.5. The van der Waals surface area contributed by atoms with Crippen LogP contribution in [0.15, 0.2) is 24.3 Å². The van der Waals surface area contributed by atoms with Crippen molar-refractivity contribution < 1.29 is 5.11 Å². The number of aryl methyl sites for hydroxylation is 1. The van der Waals surface area contributed by atoms with Crippen molar-refractivity contribution >= 4 is 0 Å². The summed E-state index contributed by atoms with van der Waals surface area (Å²) in [5, 5.41) is 10.3. The van der Waals surface area contributed by atoms with Gasteiger partial charge in [0.1, 0.15) is 0 Å². The van der Waals surface area contributed by atoms with Crippen molar-refractivity contribution in [1.29, 1.82) is 0 Å². The lowest BCUT2D eigenvalue weighted by Gasteiger charge is -2.27. The zero-order valence-electron chi connectivity index (χ0n) is 13.4. The van der Waals surface area contributed by atoms with Crippen molar-refractivity contribution in [2.24, 2.45) is 11.3 Å². The van der Waals surface area contributed by atoms with Gasteiger partial charge in [0.05, 0.1) is 6.10 Å². The minimum absolute atomic E-state index is 0.329. The molecule has 2 atom stereocenters. The molecular formula is C18H29NO. The van der Waals surface area contributed by atoms with E-state index in [1.54, 1.807) is 0 Å². The molecule has 0 amide bonds. The van der Waals surface area contributed by atoms with Crippen LogP contribution in [0.4, 0.5) is 0 Å². The van der Waals surface area contributed by atoms with Crippen LogP contribution in [0.5, 0.6) is 0 Å². The molecule has 2 rings (SSSR count). The van der Waals surface area contributed by atoms with Gasteiger partial charge in [-0.2, -0.15) is 0 Å². The normalized spacial score (nSPS) is 22.1.